The van der Waals surface area contributed by atoms with E-state index in [1.54, 1.807) is 0 Å². The molecule has 0 atom stereocenters. The van der Waals surface area contributed by atoms with Crippen molar-refractivity contribution in [2.45, 2.75) is 6.54 Å². The number of hydrogen-bond donors (Lipinski definition) is 2. The molecule has 0 radical (unpaired) electrons. The number of halogens is 2. The first kappa shape index (κ1) is 19.5. The summed E-state index contributed by atoms with van der Waals surface area (Å²) < 4.78 is 0.954. The van der Waals surface area contributed by atoms with Gasteiger partial charge in [-0.2, -0.15) is 0 Å². The third kappa shape index (κ3) is 4.61. The maximum atomic E-state index is 13.1. The normalized spacial score (nSPS) is 11.2. The van der Waals surface area contributed by atoms with Crippen LogP contribution in [0.4, 0.5) is 0 Å². The Morgan fingerprint density at radius 2 is 1.76 bits per heavy atom. The number of H-pyrrole nitrogens is 1. The number of aromatic nitrogens is 1. The Morgan fingerprint density at radius 3 is 2.52 bits per heavy atom. The number of fused-ring (bicyclic) bond motifs is 1. The van der Waals surface area contributed by atoms with Crippen LogP contribution in [0.15, 0.2) is 77.3 Å². The molecule has 5 heteroatoms. The smallest absolute Gasteiger partial charge is 0.254 e. The summed E-state index contributed by atoms with van der Waals surface area (Å²) >= 11 is 9.46. The van der Waals surface area contributed by atoms with Crippen molar-refractivity contribution < 1.29 is 4.79 Å². The largest absolute Gasteiger partial charge is 0.354 e. The minimum Gasteiger partial charge on any atom is -0.354 e. The molecule has 0 saturated heterocycles. The second kappa shape index (κ2) is 8.68. The summed E-state index contributed by atoms with van der Waals surface area (Å²) in [5.74, 6) is -0.113. The van der Waals surface area contributed by atoms with Gasteiger partial charge in [-0.15, -0.1) is 0 Å². The first-order valence-corrected chi connectivity index (χ1v) is 10.3. The first-order chi connectivity index (χ1) is 14.1. The zero-order valence-corrected chi connectivity index (χ0v) is 17.8. The summed E-state index contributed by atoms with van der Waals surface area (Å²) in [5, 5.41) is 4.61. The fourth-order valence-electron chi connectivity index (χ4n) is 3.18. The van der Waals surface area contributed by atoms with Crippen molar-refractivity contribution in [3.8, 4) is 0 Å². The number of carbonyl (C=O) groups is 1. The lowest BCUT2D eigenvalue weighted by Crippen LogP contribution is -2.23. The Bertz CT molecular complexity index is 1180. The van der Waals surface area contributed by atoms with E-state index in [2.05, 4.69) is 26.2 Å². The summed E-state index contributed by atoms with van der Waals surface area (Å²) in [4.78, 5) is 16.4. The van der Waals surface area contributed by atoms with Crippen molar-refractivity contribution in [3.05, 3.63) is 105 Å². The zero-order valence-electron chi connectivity index (χ0n) is 15.5. The van der Waals surface area contributed by atoms with Gasteiger partial charge < -0.3 is 10.3 Å². The van der Waals surface area contributed by atoms with Gasteiger partial charge in [0.15, 0.2) is 0 Å². The van der Waals surface area contributed by atoms with E-state index in [4.69, 9.17) is 11.6 Å². The minimum atomic E-state index is -0.113. The number of hydrogen-bond acceptors (Lipinski definition) is 1. The van der Waals surface area contributed by atoms with E-state index in [9.17, 15) is 4.79 Å². The molecule has 1 aromatic heterocycles. The summed E-state index contributed by atoms with van der Waals surface area (Å²) in [6.45, 7) is 0.475. The zero-order chi connectivity index (χ0) is 20.2. The molecule has 0 spiro atoms. The van der Waals surface area contributed by atoms with E-state index in [-0.39, 0.29) is 5.91 Å². The van der Waals surface area contributed by atoms with Gasteiger partial charge in [-0.25, -0.2) is 0 Å². The number of amides is 1. The molecule has 0 saturated carbocycles. The predicted molar refractivity (Wildman–Crippen MR) is 124 cm³/mol. The van der Waals surface area contributed by atoms with Crippen molar-refractivity contribution >= 4 is 56.5 Å². The van der Waals surface area contributed by atoms with Gasteiger partial charge in [-0.05, 0) is 41.5 Å². The molecule has 3 aromatic carbocycles. The van der Waals surface area contributed by atoms with Crippen molar-refractivity contribution in [2.75, 3.05) is 0 Å². The molecule has 2 N–H and O–H groups in total. The molecular formula is C24H18BrClN2O. The van der Waals surface area contributed by atoms with E-state index in [1.807, 2.05) is 84.9 Å². The summed E-state index contributed by atoms with van der Waals surface area (Å²) in [7, 11) is 0. The average Bonchev–Trinajstić information content (AvgIpc) is 3.10. The quantitative estimate of drug-likeness (QED) is 0.339. The number of nitrogens with one attached hydrogen (secondary N) is 2. The van der Waals surface area contributed by atoms with Gasteiger partial charge in [0.05, 0.1) is 11.3 Å². The van der Waals surface area contributed by atoms with Crippen LogP contribution in [0.25, 0.3) is 23.1 Å². The summed E-state index contributed by atoms with van der Waals surface area (Å²) in [5.41, 5.74) is 4.36. The molecule has 0 fully saturated rings. The monoisotopic (exact) mass is 464 g/mol. The second-order valence-corrected chi connectivity index (χ2v) is 8.01. The van der Waals surface area contributed by atoms with Gasteiger partial charge in [0.2, 0.25) is 0 Å². The second-order valence-electron chi connectivity index (χ2n) is 6.66. The van der Waals surface area contributed by atoms with Gasteiger partial charge in [0.1, 0.15) is 0 Å². The molecule has 0 unspecified atom stereocenters. The minimum absolute atomic E-state index is 0.113. The van der Waals surface area contributed by atoms with Crippen LogP contribution in [0.5, 0.6) is 0 Å². The Hall–Kier alpha value is -2.82. The number of benzene rings is 3. The van der Waals surface area contributed by atoms with Gasteiger partial charge in [0, 0.05) is 26.9 Å². The molecule has 0 bridgehead atoms. The van der Waals surface area contributed by atoms with Crippen LogP contribution < -0.4 is 5.32 Å². The van der Waals surface area contributed by atoms with E-state index in [0.29, 0.717) is 17.1 Å². The van der Waals surface area contributed by atoms with Crippen molar-refractivity contribution in [1.82, 2.24) is 10.3 Å². The highest BCUT2D eigenvalue weighted by Crippen LogP contribution is 2.27. The van der Waals surface area contributed by atoms with E-state index in [0.717, 1.165) is 32.2 Å². The lowest BCUT2D eigenvalue weighted by atomic mass is 10.1. The van der Waals surface area contributed by atoms with Gasteiger partial charge in [-0.1, -0.05) is 82.1 Å². The lowest BCUT2D eigenvalue weighted by Gasteiger charge is -2.06. The molecule has 4 aromatic rings. The molecule has 0 aliphatic heterocycles. The number of aromatic amines is 1. The maximum absolute atomic E-state index is 13.1. The average molecular weight is 466 g/mol. The highest BCUT2D eigenvalue weighted by atomic mass is 79.9. The molecule has 3 nitrogen and oxygen atoms in total. The summed E-state index contributed by atoms with van der Waals surface area (Å²) in [6.07, 6.45) is 3.89. The van der Waals surface area contributed by atoms with Crippen molar-refractivity contribution in [2.24, 2.45) is 0 Å². The molecule has 4 rings (SSSR count). The van der Waals surface area contributed by atoms with Crippen LogP contribution in [0, 0.1) is 0 Å². The molecule has 1 amide bonds. The van der Waals surface area contributed by atoms with Crippen molar-refractivity contribution in [1.29, 1.82) is 0 Å². The summed E-state index contributed by atoms with van der Waals surface area (Å²) in [6, 6.07) is 23.3. The molecule has 1 heterocycles. The number of rotatable bonds is 5. The fourth-order valence-corrected chi connectivity index (χ4v) is 3.67. The number of carbonyl (C=O) groups excluding carboxylic acids is 1. The fraction of sp³-hybridized carbons (Fsp3) is 0.0417. The van der Waals surface area contributed by atoms with E-state index < -0.39 is 0 Å². The molecule has 0 aliphatic carbocycles. The Kier molecular flexibility index (Phi) is 5.84. The Balaban J connectivity index is 1.67. The van der Waals surface area contributed by atoms with Crippen LogP contribution in [-0.4, -0.2) is 10.9 Å². The molecule has 0 aliphatic rings. The standard InChI is InChI=1S/C24H18BrClN2O/c25-18-9-12-20-22(14-18)28-21(13-8-16-6-10-19(26)11-7-16)23(20)24(29)27-15-17-4-2-1-3-5-17/h1-14,28H,15H2,(H,27,29)/b13-8+. The lowest BCUT2D eigenvalue weighted by molar-refractivity contribution is 0.0952. The van der Waals surface area contributed by atoms with Gasteiger partial charge >= 0.3 is 0 Å². The molecule has 29 heavy (non-hydrogen) atoms. The molecule has 144 valence electrons. The van der Waals surface area contributed by atoms with Crippen LogP contribution in [-0.2, 0) is 6.54 Å². The third-order valence-corrected chi connectivity index (χ3v) is 5.37. The Morgan fingerprint density at radius 1 is 1.00 bits per heavy atom. The van der Waals surface area contributed by atoms with Crippen LogP contribution in [0.2, 0.25) is 5.02 Å². The Labute approximate surface area is 182 Å². The first-order valence-electron chi connectivity index (χ1n) is 9.17. The SMILES string of the molecule is O=C(NCc1ccccc1)c1c(/C=C/c2ccc(Cl)cc2)[nH]c2cc(Br)ccc12. The van der Waals surface area contributed by atoms with E-state index in [1.165, 1.54) is 0 Å². The predicted octanol–water partition coefficient (Wildman–Crippen LogP) is 6.68. The van der Waals surface area contributed by atoms with Crippen LogP contribution in [0.1, 0.15) is 27.2 Å². The topological polar surface area (TPSA) is 44.9 Å². The van der Waals surface area contributed by atoms with Crippen LogP contribution in [0.3, 0.4) is 0 Å². The third-order valence-electron chi connectivity index (χ3n) is 4.63. The van der Waals surface area contributed by atoms with Crippen molar-refractivity contribution in [3.63, 3.8) is 0 Å². The maximum Gasteiger partial charge on any atom is 0.254 e. The molecular weight excluding hydrogens is 448 g/mol. The van der Waals surface area contributed by atoms with Gasteiger partial charge in [0.25, 0.3) is 5.91 Å². The van der Waals surface area contributed by atoms with Gasteiger partial charge in [-0.3, -0.25) is 4.79 Å². The highest BCUT2D eigenvalue weighted by molar-refractivity contribution is 9.10. The van der Waals surface area contributed by atoms with Crippen LogP contribution >= 0.6 is 27.5 Å². The van der Waals surface area contributed by atoms with E-state index >= 15 is 0 Å². The highest BCUT2D eigenvalue weighted by Gasteiger charge is 2.17.